The molecule has 0 saturated heterocycles. The first-order valence-electron chi connectivity index (χ1n) is 7.81. The minimum absolute atomic E-state index is 0.115. The van der Waals surface area contributed by atoms with Crippen molar-refractivity contribution >= 4 is 0 Å². The predicted molar refractivity (Wildman–Crippen MR) is 82.1 cm³/mol. The van der Waals surface area contributed by atoms with Gasteiger partial charge in [0.25, 0.3) is 0 Å². The third-order valence-corrected chi connectivity index (χ3v) is 3.59. The molecule has 20 heavy (non-hydrogen) atoms. The van der Waals surface area contributed by atoms with Crippen molar-refractivity contribution in [3.8, 4) is 11.5 Å². The lowest BCUT2D eigenvalue weighted by molar-refractivity contribution is 0.150. The van der Waals surface area contributed by atoms with Gasteiger partial charge >= 0.3 is 0 Å². The van der Waals surface area contributed by atoms with Gasteiger partial charge in [-0.1, -0.05) is 39.0 Å². The molecule has 0 fully saturated rings. The number of hydrogen-bond donors (Lipinski definition) is 3. The van der Waals surface area contributed by atoms with Crippen LogP contribution >= 0.6 is 0 Å². The summed E-state index contributed by atoms with van der Waals surface area (Å²) in [4.78, 5) is 0. The lowest BCUT2D eigenvalue weighted by atomic mass is 10.0. The number of aromatic hydroxyl groups is 2. The first kappa shape index (κ1) is 16.8. The van der Waals surface area contributed by atoms with Gasteiger partial charge in [-0.25, -0.2) is 0 Å². The fourth-order valence-corrected chi connectivity index (χ4v) is 2.52. The number of rotatable bonds is 10. The standard InChI is InChI=1S/C17H28O3/c1-2-8-15(18)10-7-5-3-4-6-9-14-11-16(19)13-17(20)12-14/h11-13,15,18-20H,2-10H2,1H3. The Morgan fingerprint density at radius 3 is 2.10 bits per heavy atom. The SMILES string of the molecule is CCCC(O)CCCCCCCc1cc(O)cc(O)c1. The lowest BCUT2D eigenvalue weighted by Gasteiger charge is -2.08. The molecule has 0 aromatic heterocycles. The summed E-state index contributed by atoms with van der Waals surface area (Å²) in [7, 11) is 0. The molecule has 1 aromatic carbocycles. The zero-order valence-electron chi connectivity index (χ0n) is 12.5. The number of phenolic OH excluding ortho intramolecular Hbond substituents is 2. The van der Waals surface area contributed by atoms with Crippen LogP contribution in [0.2, 0.25) is 0 Å². The molecule has 114 valence electrons. The zero-order valence-corrected chi connectivity index (χ0v) is 12.5. The van der Waals surface area contributed by atoms with Gasteiger partial charge in [-0.3, -0.25) is 0 Å². The molecule has 0 radical (unpaired) electrons. The molecule has 0 spiro atoms. The second-order valence-corrected chi connectivity index (χ2v) is 5.61. The summed E-state index contributed by atoms with van der Waals surface area (Å²) in [5.74, 6) is 0.259. The van der Waals surface area contributed by atoms with Crippen molar-refractivity contribution < 1.29 is 15.3 Å². The molecule has 0 aliphatic carbocycles. The molecule has 3 heteroatoms. The highest BCUT2D eigenvalue weighted by atomic mass is 16.3. The zero-order chi connectivity index (χ0) is 14.8. The summed E-state index contributed by atoms with van der Waals surface area (Å²) in [6.07, 6.45) is 9.35. The average molecular weight is 280 g/mol. The van der Waals surface area contributed by atoms with Crippen LogP contribution in [0.4, 0.5) is 0 Å². The van der Waals surface area contributed by atoms with Gasteiger partial charge in [0.05, 0.1) is 6.10 Å². The van der Waals surface area contributed by atoms with Crippen molar-refractivity contribution in [2.75, 3.05) is 0 Å². The van der Waals surface area contributed by atoms with Gasteiger partial charge in [0.2, 0.25) is 0 Å². The van der Waals surface area contributed by atoms with Crippen LogP contribution in [0, 0.1) is 0 Å². The molecule has 1 aromatic rings. The number of aliphatic hydroxyl groups excluding tert-OH is 1. The van der Waals surface area contributed by atoms with Crippen molar-refractivity contribution in [2.45, 2.75) is 70.8 Å². The molecular weight excluding hydrogens is 252 g/mol. The topological polar surface area (TPSA) is 60.7 Å². The second-order valence-electron chi connectivity index (χ2n) is 5.61. The molecule has 3 N–H and O–H groups in total. The van der Waals surface area contributed by atoms with Crippen LogP contribution in [0.1, 0.15) is 63.9 Å². The molecule has 0 bridgehead atoms. The Labute approximate surface area is 122 Å². The van der Waals surface area contributed by atoms with E-state index in [1.807, 2.05) is 0 Å². The van der Waals surface area contributed by atoms with Crippen molar-refractivity contribution in [1.29, 1.82) is 0 Å². The van der Waals surface area contributed by atoms with Gasteiger partial charge in [0.1, 0.15) is 11.5 Å². The maximum absolute atomic E-state index is 9.61. The van der Waals surface area contributed by atoms with E-state index in [2.05, 4.69) is 6.92 Å². The summed E-state index contributed by atoms with van der Waals surface area (Å²) in [6, 6.07) is 4.77. The van der Waals surface area contributed by atoms with E-state index in [1.165, 1.54) is 18.9 Å². The van der Waals surface area contributed by atoms with Gasteiger partial charge in [-0.2, -0.15) is 0 Å². The van der Waals surface area contributed by atoms with E-state index in [-0.39, 0.29) is 17.6 Å². The Morgan fingerprint density at radius 2 is 1.45 bits per heavy atom. The second kappa shape index (κ2) is 9.65. The largest absolute Gasteiger partial charge is 0.508 e. The Hall–Kier alpha value is -1.22. The fourth-order valence-electron chi connectivity index (χ4n) is 2.52. The van der Waals surface area contributed by atoms with Crippen LogP contribution in [0.5, 0.6) is 11.5 Å². The molecule has 3 nitrogen and oxygen atoms in total. The van der Waals surface area contributed by atoms with Crippen LogP contribution in [-0.2, 0) is 6.42 Å². The average Bonchev–Trinajstić information content (AvgIpc) is 2.36. The van der Waals surface area contributed by atoms with Crippen molar-refractivity contribution in [2.24, 2.45) is 0 Å². The van der Waals surface area contributed by atoms with E-state index in [4.69, 9.17) is 0 Å². The van der Waals surface area contributed by atoms with E-state index in [9.17, 15) is 15.3 Å². The highest BCUT2D eigenvalue weighted by molar-refractivity contribution is 5.36. The van der Waals surface area contributed by atoms with E-state index in [1.54, 1.807) is 12.1 Å². The van der Waals surface area contributed by atoms with Gasteiger partial charge in [-0.05, 0) is 43.4 Å². The first-order chi connectivity index (χ1) is 9.61. The number of benzene rings is 1. The Balaban J connectivity index is 2.04. The molecule has 0 saturated carbocycles. The van der Waals surface area contributed by atoms with Crippen LogP contribution in [0.25, 0.3) is 0 Å². The summed E-state index contributed by atoms with van der Waals surface area (Å²) >= 11 is 0. The van der Waals surface area contributed by atoms with Crippen molar-refractivity contribution in [1.82, 2.24) is 0 Å². The molecule has 1 atom stereocenters. The minimum Gasteiger partial charge on any atom is -0.508 e. The van der Waals surface area contributed by atoms with Crippen LogP contribution < -0.4 is 0 Å². The monoisotopic (exact) mass is 280 g/mol. The summed E-state index contributed by atoms with van der Waals surface area (Å²) in [5.41, 5.74) is 0.987. The third kappa shape index (κ3) is 7.39. The van der Waals surface area contributed by atoms with E-state index in [0.717, 1.165) is 50.5 Å². The Kier molecular flexibility index (Phi) is 8.12. The molecule has 0 amide bonds. The summed E-state index contributed by atoms with van der Waals surface area (Å²) < 4.78 is 0. The number of aryl methyl sites for hydroxylation is 1. The van der Waals surface area contributed by atoms with E-state index < -0.39 is 0 Å². The number of unbranched alkanes of at least 4 members (excludes halogenated alkanes) is 4. The fraction of sp³-hybridized carbons (Fsp3) is 0.647. The van der Waals surface area contributed by atoms with Crippen LogP contribution in [0.15, 0.2) is 18.2 Å². The van der Waals surface area contributed by atoms with Gasteiger partial charge in [-0.15, -0.1) is 0 Å². The minimum atomic E-state index is -0.115. The molecule has 1 unspecified atom stereocenters. The van der Waals surface area contributed by atoms with Crippen molar-refractivity contribution in [3.05, 3.63) is 23.8 Å². The third-order valence-electron chi connectivity index (χ3n) is 3.59. The first-order valence-corrected chi connectivity index (χ1v) is 7.81. The highest BCUT2D eigenvalue weighted by Crippen LogP contribution is 2.22. The molecule has 1 rings (SSSR count). The van der Waals surface area contributed by atoms with Gasteiger partial charge < -0.3 is 15.3 Å². The summed E-state index contributed by atoms with van der Waals surface area (Å²) in [6.45, 7) is 2.10. The number of aliphatic hydroxyl groups is 1. The smallest absolute Gasteiger partial charge is 0.119 e. The van der Waals surface area contributed by atoms with Crippen LogP contribution in [0.3, 0.4) is 0 Å². The Bertz CT molecular complexity index is 356. The molecular formula is C17H28O3. The van der Waals surface area contributed by atoms with E-state index in [0.29, 0.717) is 0 Å². The molecule has 0 aliphatic heterocycles. The van der Waals surface area contributed by atoms with Gasteiger partial charge in [0.15, 0.2) is 0 Å². The highest BCUT2D eigenvalue weighted by Gasteiger charge is 2.02. The summed E-state index contributed by atoms with van der Waals surface area (Å²) in [5, 5.41) is 28.4. The van der Waals surface area contributed by atoms with E-state index >= 15 is 0 Å². The van der Waals surface area contributed by atoms with Crippen molar-refractivity contribution in [3.63, 3.8) is 0 Å². The number of hydrogen-bond acceptors (Lipinski definition) is 3. The Morgan fingerprint density at radius 1 is 0.850 bits per heavy atom. The van der Waals surface area contributed by atoms with Gasteiger partial charge in [0, 0.05) is 6.07 Å². The lowest BCUT2D eigenvalue weighted by Crippen LogP contribution is -2.04. The molecule has 0 aliphatic rings. The predicted octanol–water partition coefficient (Wildman–Crippen LogP) is 4.14. The normalized spacial score (nSPS) is 12.5. The number of phenols is 2. The molecule has 0 heterocycles. The van der Waals surface area contributed by atoms with Crippen LogP contribution in [-0.4, -0.2) is 21.4 Å². The quantitative estimate of drug-likeness (QED) is 0.564. The maximum Gasteiger partial charge on any atom is 0.119 e. The maximum atomic E-state index is 9.61.